The van der Waals surface area contributed by atoms with Gasteiger partial charge < -0.3 is 9.80 Å². The molecule has 0 saturated heterocycles. The molecule has 0 heterocycles. The van der Waals surface area contributed by atoms with E-state index < -0.39 is 0 Å². The quantitative estimate of drug-likeness (QED) is 0.145. The summed E-state index contributed by atoms with van der Waals surface area (Å²) in [6, 6.07) is 87.3. The van der Waals surface area contributed by atoms with Crippen molar-refractivity contribution in [2.75, 3.05) is 9.80 Å². The summed E-state index contributed by atoms with van der Waals surface area (Å²) in [4.78, 5) is 4.68. The minimum absolute atomic E-state index is 1.07. The highest BCUT2D eigenvalue weighted by Gasteiger charge is 2.18. The predicted molar refractivity (Wildman–Crippen MR) is 247 cm³/mol. The Morgan fingerprint density at radius 3 is 1.26 bits per heavy atom. The SMILES string of the molecule is c1ccc(-c2ccc(N(c3ccc(-c4cc(-c5ccc6ccccc6c5)cc5ccccc45)cc3)c3cccc(N(c4ccccc4)c4ccccc4)c3)cc2)cc1. The fourth-order valence-corrected chi connectivity index (χ4v) is 8.13. The van der Waals surface area contributed by atoms with E-state index in [1.165, 1.54) is 54.9 Å². The molecule has 0 amide bonds. The van der Waals surface area contributed by atoms with Crippen molar-refractivity contribution in [2.45, 2.75) is 0 Å². The van der Waals surface area contributed by atoms with Crippen molar-refractivity contribution in [3.8, 4) is 33.4 Å². The van der Waals surface area contributed by atoms with Gasteiger partial charge in [0.05, 0.1) is 0 Å². The molecule has 10 aromatic rings. The highest BCUT2D eigenvalue weighted by molar-refractivity contribution is 6.01. The third-order valence-electron chi connectivity index (χ3n) is 11.0. The molecule has 2 heteroatoms. The zero-order valence-corrected chi connectivity index (χ0v) is 32.0. The molecule has 0 bridgehead atoms. The van der Waals surface area contributed by atoms with Gasteiger partial charge in [-0.1, -0.05) is 158 Å². The number of fused-ring (bicyclic) bond motifs is 2. The predicted octanol–water partition coefficient (Wildman–Crippen LogP) is 15.9. The third-order valence-corrected chi connectivity index (χ3v) is 11.0. The van der Waals surface area contributed by atoms with Crippen LogP contribution in [0.15, 0.2) is 243 Å². The van der Waals surface area contributed by atoms with E-state index >= 15 is 0 Å². The van der Waals surface area contributed by atoms with Crippen LogP contribution in [-0.4, -0.2) is 0 Å². The smallest absolute Gasteiger partial charge is 0.0482 e. The monoisotopic (exact) mass is 740 g/mol. The minimum Gasteiger partial charge on any atom is -0.310 e. The second kappa shape index (κ2) is 15.5. The van der Waals surface area contributed by atoms with Gasteiger partial charge in [0.1, 0.15) is 0 Å². The van der Waals surface area contributed by atoms with Gasteiger partial charge in [0.2, 0.25) is 0 Å². The maximum absolute atomic E-state index is 2.36. The van der Waals surface area contributed by atoms with Crippen LogP contribution in [0.2, 0.25) is 0 Å². The van der Waals surface area contributed by atoms with E-state index in [0.717, 1.165) is 34.1 Å². The van der Waals surface area contributed by atoms with Gasteiger partial charge in [-0.05, 0) is 140 Å². The number of benzene rings is 10. The van der Waals surface area contributed by atoms with Crippen LogP contribution in [0, 0.1) is 0 Å². The van der Waals surface area contributed by atoms with Crippen LogP contribution >= 0.6 is 0 Å². The topological polar surface area (TPSA) is 6.48 Å². The van der Waals surface area contributed by atoms with Gasteiger partial charge in [-0.2, -0.15) is 0 Å². The van der Waals surface area contributed by atoms with E-state index in [0.29, 0.717) is 0 Å². The average molecular weight is 741 g/mol. The van der Waals surface area contributed by atoms with Gasteiger partial charge in [0.15, 0.2) is 0 Å². The zero-order chi connectivity index (χ0) is 38.7. The van der Waals surface area contributed by atoms with E-state index in [4.69, 9.17) is 0 Å². The van der Waals surface area contributed by atoms with Crippen LogP contribution in [0.1, 0.15) is 0 Å². The molecule has 0 saturated carbocycles. The van der Waals surface area contributed by atoms with Crippen molar-refractivity contribution < 1.29 is 0 Å². The molecular weight excluding hydrogens is 701 g/mol. The number of hydrogen-bond donors (Lipinski definition) is 0. The van der Waals surface area contributed by atoms with Gasteiger partial charge in [-0.15, -0.1) is 0 Å². The Kier molecular flexibility index (Phi) is 9.27. The van der Waals surface area contributed by atoms with Gasteiger partial charge in [-0.25, -0.2) is 0 Å². The Morgan fingerprint density at radius 2 is 0.638 bits per heavy atom. The molecule has 0 aliphatic rings. The number of para-hydroxylation sites is 2. The summed E-state index contributed by atoms with van der Waals surface area (Å²) < 4.78 is 0. The molecule has 0 atom stereocenters. The normalized spacial score (nSPS) is 11.1. The largest absolute Gasteiger partial charge is 0.310 e. The van der Waals surface area contributed by atoms with E-state index in [-0.39, 0.29) is 0 Å². The van der Waals surface area contributed by atoms with Crippen molar-refractivity contribution in [3.05, 3.63) is 243 Å². The Labute approximate surface area is 340 Å². The zero-order valence-electron chi connectivity index (χ0n) is 32.0. The van der Waals surface area contributed by atoms with Crippen LogP contribution in [0.25, 0.3) is 54.9 Å². The van der Waals surface area contributed by atoms with E-state index in [2.05, 4.69) is 252 Å². The van der Waals surface area contributed by atoms with Gasteiger partial charge in [0.25, 0.3) is 0 Å². The lowest BCUT2D eigenvalue weighted by molar-refractivity contribution is 1.25. The number of hydrogen-bond acceptors (Lipinski definition) is 2. The molecule has 0 radical (unpaired) electrons. The molecule has 0 unspecified atom stereocenters. The maximum Gasteiger partial charge on any atom is 0.0482 e. The third kappa shape index (κ3) is 6.89. The van der Waals surface area contributed by atoms with Gasteiger partial charge >= 0.3 is 0 Å². The second-order valence-electron chi connectivity index (χ2n) is 14.6. The van der Waals surface area contributed by atoms with Crippen molar-refractivity contribution in [3.63, 3.8) is 0 Å². The first-order chi connectivity index (χ1) is 28.7. The maximum atomic E-state index is 2.36. The Balaban J connectivity index is 1.08. The molecule has 0 aliphatic carbocycles. The molecule has 0 aliphatic heterocycles. The first kappa shape index (κ1) is 34.8. The summed E-state index contributed by atoms with van der Waals surface area (Å²) in [7, 11) is 0. The molecule has 0 spiro atoms. The Bertz CT molecular complexity index is 2940. The van der Waals surface area contributed by atoms with Crippen LogP contribution in [0.3, 0.4) is 0 Å². The van der Waals surface area contributed by atoms with Crippen LogP contribution in [-0.2, 0) is 0 Å². The van der Waals surface area contributed by atoms with Crippen LogP contribution in [0.5, 0.6) is 0 Å². The van der Waals surface area contributed by atoms with E-state index in [9.17, 15) is 0 Å². The molecular formula is C56H40N2. The first-order valence-electron chi connectivity index (χ1n) is 19.8. The van der Waals surface area contributed by atoms with Crippen LogP contribution in [0.4, 0.5) is 34.1 Å². The van der Waals surface area contributed by atoms with Gasteiger partial charge in [0, 0.05) is 34.1 Å². The minimum atomic E-state index is 1.07. The van der Waals surface area contributed by atoms with E-state index in [1.54, 1.807) is 0 Å². The number of rotatable bonds is 9. The second-order valence-corrected chi connectivity index (χ2v) is 14.6. The standard InChI is InChI=1S/C56H40N2/c1-4-15-41(16-5-1)43-29-33-51(34-30-43)58(54-25-14-24-53(40-54)57(49-20-6-2-7-21-49)50-22-8-3-9-23-50)52-35-31-44(32-36-52)56-39-48(38-47-19-12-13-26-55(47)56)46-28-27-42-17-10-11-18-45(42)37-46/h1-40H. The summed E-state index contributed by atoms with van der Waals surface area (Å²) in [5.74, 6) is 0. The summed E-state index contributed by atoms with van der Waals surface area (Å²) >= 11 is 0. The first-order valence-corrected chi connectivity index (χ1v) is 19.8. The molecule has 10 aromatic carbocycles. The lowest BCUT2D eigenvalue weighted by Crippen LogP contribution is -2.13. The summed E-state index contributed by atoms with van der Waals surface area (Å²) in [6.45, 7) is 0. The van der Waals surface area contributed by atoms with Gasteiger partial charge in [-0.3, -0.25) is 0 Å². The van der Waals surface area contributed by atoms with Crippen LogP contribution < -0.4 is 9.80 Å². The van der Waals surface area contributed by atoms with Crippen molar-refractivity contribution in [2.24, 2.45) is 0 Å². The lowest BCUT2D eigenvalue weighted by Gasteiger charge is -2.29. The average Bonchev–Trinajstić information content (AvgIpc) is 3.30. The summed E-state index contributed by atoms with van der Waals surface area (Å²) in [6.07, 6.45) is 0. The Hall–Kier alpha value is -7.68. The van der Waals surface area contributed by atoms with E-state index in [1.807, 2.05) is 0 Å². The number of nitrogens with zero attached hydrogens (tertiary/aromatic N) is 2. The van der Waals surface area contributed by atoms with Crippen molar-refractivity contribution in [1.82, 2.24) is 0 Å². The Morgan fingerprint density at radius 1 is 0.207 bits per heavy atom. The fourth-order valence-electron chi connectivity index (χ4n) is 8.13. The van der Waals surface area contributed by atoms with Crippen molar-refractivity contribution in [1.29, 1.82) is 0 Å². The molecule has 0 aromatic heterocycles. The fraction of sp³-hybridized carbons (Fsp3) is 0. The molecule has 274 valence electrons. The highest BCUT2D eigenvalue weighted by Crippen LogP contribution is 2.42. The molecule has 58 heavy (non-hydrogen) atoms. The molecule has 0 fully saturated rings. The van der Waals surface area contributed by atoms with Crippen molar-refractivity contribution >= 4 is 55.7 Å². The summed E-state index contributed by atoms with van der Waals surface area (Å²) in [5, 5.41) is 4.96. The number of anilines is 6. The summed E-state index contributed by atoms with van der Waals surface area (Å²) in [5.41, 5.74) is 13.7. The highest BCUT2D eigenvalue weighted by atomic mass is 15.2. The lowest BCUT2D eigenvalue weighted by atomic mass is 9.92. The molecule has 10 rings (SSSR count). The molecule has 0 N–H and O–H groups in total. The molecule has 2 nitrogen and oxygen atoms in total.